The fourth-order valence-electron chi connectivity index (χ4n) is 1.48. The number of hydrogen-bond donors (Lipinski definition) is 0. The number of piperidine rings is 1. The van der Waals surface area contributed by atoms with Crippen LogP contribution < -0.4 is 0 Å². The second-order valence-corrected chi connectivity index (χ2v) is 3.63. The topological polar surface area (TPSA) is 32.8 Å². The molecule has 0 bridgehead atoms. The van der Waals surface area contributed by atoms with Crippen LogP contribution >= 0.6 is 0 Å². The Morgan fingerprint density at radius 3 is 2.46 bits per heavy atom. The van der Waals surface area contributed by atoms with Crippen molar-refractivity contribution < 1.29 is 9.63 Å². The molecule has 4 heteroatoms. The van der Waals surface area contributed by atoms with E-state index in [-0.39, 0.29) is 6.03 Å². The van der Waals surface area contributed by atoms with E-state index in [9.17, 15) is 4.79 Å². The number of nitrogens with zero attached hydrogens (tertiary/aromatic N) is 2. The van der Waals surface area contributed by atoms with Crippen molar-refractivity contribution in [1.82, 2.24) is 9.96 Å². The summed E-state index contributed by atoms with van der Waals surface area (Å²) < 4.78 is 0. The van der Waals surface area contributed by atoms with E-state index >= 15 is 0 Å². The van der Waals surface area contributed by atoms with Crippen molar-refractivity contribution >= 4 is 6.03 Å². The van der Waals surface area contributed by atoms with E-state index in [1.165, 1.54) is 12.2 Å². The van der Waals surface area contributed by atoms with Gasteiger partial charge in [0.15, 0.2) is 0 Å². The zero-order valence-corrected chi connectivity index (χ0v) is 8.62. The highest BCUT2D eigenvalue weighted by Crippen LogP contribution is 2.16. The van der Waals surface area contributed by atoms with Gasteiger partial charge in [-0.1, -0.05) is 6.92 Å². The normalized spacial score (nSPS) is 18.8. The standard InChI is InChI=1S/C9H18N2O2/c1-8-4-6-11(7-5-8)9(12)10(2)13-3/h8H,4-7H2,1-3H3. The van der Waals surface area contributed by atoms with E-state index in [1.807, 2.05) is 4.90 Å². The Labute approximate surface area is 79.4 Å². The summed E-state index contributed by atoms with van der Waals surface area (Å²) in [5.74, 6) is 0.747. The lowest BCUT2D eigenvalue weighted by molar-refractivity contribution is -0.0776. The molecule has 0 N–H and O–H groups in total. The van der Waals surface area contributed by atoms with Gasteiger partial charge in [0, 0.05) is 20.1 Å². The summed E-state index contributed by atoms with van der Waals surface area (Å²) >= 11 is 0. The van der Waals surface area contributed by atoms with Gasteiger partial charge in [-0.25, -0.2) is 9.86 Å². The smallest absolute Gasteiger partial charge is 0.323 e. The average Bonchev–Trinajstić information content (AvgIpc) is 2.17. The van der Waals surface area contributed by atoms with Crippen molar-refractivity contribution in [2.45, 2.75) is 19.8 Å². The number of rotatable bonds is 1. The second kappa shape index (κ2) is 4.46. The van der Waals surface area contributed by atoms with Crippen LogP contribution in [0.3, 0.4) is 0 Å². The molecule has 0 spiro atoms. The van der Waals surface area contributed by atoms with Gasteiger partial charge >= 0.3 is 6.03 Å². The maximum absolute atomic E-state index is 11.6. The van der Waals surface area contributed by atoms with Crippen LogP contribution in [0.5, 0.6) is 0 Å². The molecule has 4 nitrogen and oxygen atoms in total. The van der Waals surface area contributed by atoms with Crippen LogP contribution in [0.1, 0.15) is 19.8 Å². The molecule has 0 aromatic carbocycles. The Morgan fingerprint density at radius 2 is 2.00 bits per heavy atom. The van der Waals surface area contributed by atoms with E-state index in [1.54, 1.807) is 7.05 Å². The summed E-state index contributed by atoms with van der Waals surface area (Å²) in [6.07, 6.45) is 2.20. The van der Waals surface area contributed by atoms with E-state index in [0.29, 0.717) is 0 Å². The molecule has 1 aliphatic heterocycles. The molecular formula is C9H18N2O2. The monoisotopic (exact) mass is 186 g/mol. The van der Waals surface area contributed by atoms with Crippen LogP contribution in [-0.4, -0.2) is 43.2 Å². The first-order chi connectivity index (χ1) is 6.15. The summed E-state index contributed by atoms with van der Waals surface area (Å²) in [7, 11) is 3.14. The summed E-state index contributed by atoms with van der Waals surface area (Å²) in [5.41, 5.74) is 0. The highest BCUT2D eigenvalue weighted by Gasteiger charge is 2.22. The third-order valence-electron chi connectivity index (χ3n) is 2.60. The van der Waals surface area contributed by atoms with Crippen LogP contribution in [0.4, 0.5) is 4.79 Å². The number of hydroxylamine groups is 2. The molecule has 1 fully saturated rings. The van der Waals surface area contributed by atoms with Gasteiger partial charge < -0.3 is 4.90 Å². The molecule has 0 aliphatic carbocycles. The van der Waals surface area contributed by atoms with Crippen LogP contribution in [0.2, 0.25) is 0 Å². The first-order valence-electron chi connectivity index (χ1n) is 4.72. The predicted molar refractivity (Wildman–Crippen MR) is 50.1 cm³/mol. The van der Waals surface area contributed by atoms with Gasteiger partial charge in [-0.05, 0) is 18.8 Å². The lowest BCUT2D eigenvalue weighted by Gasteiger charge is -2.32. The minimum absolute atomic E-state index is 0.0330. The molecule has 2 amide bonds. The van der Waals surface area contributed by atoms with Gasteiger partial charge in [0.1, 0.15) is 0 Å². The highest BCUT2D eigenvalue weighted by atomic mass is 16.7. The van der Waals surface area contributed by atoms with Crippen LogP contribution in [-0.2, 0) is 4.84 Å². The molecule has 0 atom stereocenters. The number of amides is 2. The largest absolute Gasteiger partial charge is 0.343 e. The lowest BCUT2D eigenvalue weighted by atomic mass is 10.00. The molecule has 1 aliphatic rings. The number of carbonyl (C=O) groups is 1. The summed E-state index contributed by atoms with van der Waals surface area (Å²) in [5, 5.41) is 1.27. The first kappa shape index (κ1) is 10.3. The van der Waals surface area contributed by atoms with Crippen molar-refractivity contribution in [3.8, 4) is 0 Å². The number of hydrogen-bond acceptors (Lipinski definition) is 2. The molecule has 0 saturated carbocycles. The van der Waals surface area contributed by atoms with Crippen molar-refractivity contribution in [1.29, 1.82) is 0 Å². The molecule has 1 rings (SSSR count). The van der Waals surface area contributed by atoms with Gasteiger partial charge in [-0.2, -0.15) is 0 Å². The maximum atomic E-state index is 11.6. The summed E-state index contributed by atoms with van der Waals surface area (Å²) in [4.78, 5) is 18.2. The van der Waals surface area contributed by atoms with Crippen LogP contribution in [0.15, 0.2) is 0 Å². The van der Waals surface area contributed by atoms with E-state index in [0.717, 1.165) is 31.8 Å². The van der Waals surface area contributed by atoms with Gasteiger partial charge in [0.25, 0.3) is 0 Å². The summed E-state index contributed by atoms with van der Waals surface area (Å²) in [6.45, 7) is 3.93. The van der Waals surface area contributed by atoms with E-state index < -0.39 is 0 Å². The first-order valence-corrected chi connectivity index (χ1v) is 4.72. The zero-order chi connectivity index (χ0) is 9.84. The molecule has 1 heterocycles. The minimum atomic E-state index is -0.0330. The molecule has 1 saturated heterocycles. The molecule has 0 unspecified atom stereocenters. The van der Waals surface area contributed by atoms with Gasteiger partial charge in [-0.3, -0.25) is 4.84 Å². The lowest BCUT2D eigenvalue weighted by Crippen LogP contribution is -2.44. The van der Waals surface area contributed by atoms with Gasteiger partial charge in [0.2, 0.25) is 0 Å². The van der Waals surface area contributed by atoms with Gasteiger partial charge in [-0.15, -0.1) is 0 Å². The van der Waals surface area contributed by atoms with Crippen LogP contribution in [0, 0.1) is 5.92 Å². The van der Waals surface area contributed by atoms with E-state index in [2.05, 4.69) is 6.92 Å². The van der Waals surface area contributed by atoms with Gasteiger partial charge in [0.05, 0.1) is 7.11 Å². The van der Waals surface area contributed by atoms with Crippen LogP contribution in [0.25, 0.3) is 0 Å². The quantitative estimate of drug-likeness (QED) is 0.579. The Balaban J connectivity index is 2.40. The fourth-order valence-corrected chi connectivity index (χ4v) is 1.48. The molecule has 0 radical (unpaired) electrons. The summed E-state index contributed by atoms with van der Waals surface area (Å²) in [6, 6.07) is -0.0330. The molecule has 0 aromatic heterocycles. The second-order valence-electron chi connectivity index (χ2n) is 3.63. The Kier molecular flexibility index (Phi) is 3.54. The number of carbonyl (C=O) groups excluding carboxylic acids is 1. The van der Waals surface area contributed by atoms with Crippen molar-refractivity contribution in [2.75, 3.05) is 27.2 Å². The maximum Gasteiger partial charge on any atom is 0.343 e. The van der Waals surface area contributed by atoms with Crippen molar-refractivity contribution in [3.05, 3.63) is 0 Å². The number of likely N-dealkylation sites (tertiary alicyclic amines) is 1. The molecule has 13 heavy (non-hydrogen) atoms. The minimum Gasteiger partial charge on any atom is -0.323 e. The Bertz CT molecular complexity index is 176. The molecule has 76 valence electrons. The Hall–Kier alpha value is -0.770. The molecule has 0 aromatic rings. The molecular weight excluding hydrogens is 168 g/mol. The Morgan fingerprint density at radius 1 is 1.46 bits per heavy atom. The SMILES string of the molecule is CON(C)C(=O)N1CCC(C)CC1. The van der Waals surface area contributed by atoms with E-state index in [4.69, 9.17) is 4.84 Å². The average molecular weight is 186 g/mol. The van der Waals surface area contributed by atoms with Crippen molar-refractivity contribution in [3.63, 3.8) is 0 Å². The number of urea groups is 1. The predicted octanol–water partition coefficient (Wildman–Crippen LogP) is 1.33. The fraction of sp³-hybridized carbons (Fsp3) is 0.889. The third kappa shape index (κ3) is 2.59. The van der Waals surface area contributed by atoms with Crippen molar-refractivity contribution in [2.24, 2.45) is 5.92 Å². The zero-order valence-electron chi connectivity index (χ0n) is 8.62. The third-order valence-corrected chi connectivity index (χ3v) is 2.60. The highest BCUT2D eigenvalue weighted by molar-refractivity contribution is 5.73.